The Morgan fingerprint density at radius 1 is 0.971 bits per heavy atom. The number of imidazole rings is 1. The summed E-state index contributed by atoms with van der Waals surface area (Å²) in [4.78, 5) is 25.6. The van der Waals surface area contributed by atoms with E-state index in [0.717, 1.165) is 53.6 Å². The molecule has 2 heterocycles. The van der Waals surface area contributed by atoms with E-state index < -0.39 is 0 Å². The summed E-state index contributed by atoms with van der Waals surface area (Å²) in [5, 5.41) is 14.2. The predicted octanol–water partition coefficient (Wildman–Crippen LogP) is 4.72. The molecule has 0 bridgehead atoms. The van der Waals surface area contributed by atoms with E-state index in [1.165, 1.54) is 4.57 Å². The molecule has 8 nitrogen and oxygen atoms in total. The molecule has 34 heavy (non-hydrogen) atoms. The number of nitrogens with one attached hydrogen (secondary N) is 1. The Labute approximate surface area is 198 Å². The summed E-state index contributed by atoms with van der Waals surface area (Å²) < 4.78 is 3.03. The standard InChI is InChI=1S/C26H30N6O2/c1-3-5-6-10-21-18-32(24(33)9-4-2)26(34)31(21)17-19-13-15-20(16-14-19)22-11-7-8-12-23(22)25-27-29-30-28-25/h7-8,11-16,18H,3-6,9-10,17H2,1-2H3,(H,27,28,29,30). The van der Waals surface area contributed by atoms with E-state index in [9.17, 15) is 9.59 Å². The summed E-state index contributed by atoms with van der Waals surface area (Å²) in [7, 11) is 0. The van der Waals surface area contributed by atoms with Crippen LogP contribution in [0.5, 0.6) is 0 Å². The number of H-pyrrole nitrogens is 1. The summed E-state index contributed by atoms with van der Waals surface area (Å²) in [6.45, 7) is 4.53. The van der Waals surface area contributed by atoms with Crippen LogP contribution >= 0.6 is 0 Å². The van der Waals surface area contributed by atoms with Crippen molar-refractivity contribution in [2.75, 3.05) is 0 Å². The summed E-state index contributed by atoms with van der Waals surface area (Å²) in [5.41, 5.74) is 4.62. The Kier molecular flexibility index (Phi) is 7.47. The second-order valence-corrected chi connectivity index (χ2v) is 8.45. The van der Waals surface area contributed by atoms with E-state index >= 15 is 0 Å². The fraction of sp³-hybridized carbons (Fsp3) is 0.346. The molecule has 1 N–H and O–H groups in total. The van der Waals surface area contributed by atoms with Crippen LogP contribution < -0.4 is 5.69 Å². The van der Waals surface area contributed by atoms with Gasteiger partial charge in [-0.3, -0.25) is 9.36 Å². The number of tetrazole rings is 1. The molecule has 0 unspecified atom stereocenters. The minimum Gasteiger partial charge on any atom is -0.292 e. The molecule has 0 amide bonds. The van der Waals surface area contributed by atoms with Gasteiger partial charge < -0.3 is 0 Å². The van der Waals surface area contributed by atoms with Crippen LogP contribution in [0, 0.1) is 0 Å². The molecule has 2 aromatic heterocycles. The van der Waals surface area contributed by atoms with Crippen molar-refractivity contribution < 1.29 is 4.79 Å². The Hall–Kier alpha value is -3.81. The first kappa shape index (κ1) is 23.4. The van der Waals surface area contributed by atoms with Crippen molar-refractivity contribution in [3.05, 3.63) is 76.5 Å². The molecule has 8 heteroatoms. The first-order chi connectivity index (χ1) is 16.6. The highest BCUT2D eigenvalue weighted by atomic mass is 16.2. The van der Waals surface area contributed by atoms with Gasteiger partial charge >= 0.3 is 5.69 Å². The van der Waals surface area contributed by atoms with Crippen LogP contribution in [0.1, 0.15) is 62.0 Å². The van der Waals surface area contributed by atoms with Crippen LogP contribution in [0.3, 0.4) is 0 Å². The first-order valence-electron chi connectivity index (χ1n) is 11.9. The first-order valence-corrected chi connectivity index (χ1v) is 11.9. The van der Waals surface area contributed by atoms with Gasteiger partial charge in [0.2, 0.25) is 5.91 Å². The van der Waals surface area contributed by atoms with Crippen molar-refractivity contribution in [1.29, 1.82) is 0 Å². The van der Waals surface area contributed by atoms with Gasteiger partial charge in [-0.05, 0) is 46.4 Å². The number of nitrogens with zero attached hydrogens (tertiary/aromatic N) is 5. The highest BCUT2D eigenvalue weighted by molar-refractivity contribution is 5.80. The zero-order valence-corrected chi connectivity index (χ0v) is 19.7. The van der Waals surface area contributed by atoms with E-state index in [4.69, 9.17) is 0 Å². The molecule has 0 aliphatic carbocycles. The topological polar surface area (TPSA) is 98.5 Å². The molecule has 0 fully saturated rings. The summed E-state index contributed by atoms with van der Waals surface area (Å²) in [6.07, 6.45) is 6.80. The van der Waals surface area contributed by atoms with E-state index in [-0.39, 0.29) is 11.6 Å². The van der Waals surface area contributed by atoms with Gasteiger partial charge in [0.25, 0.3) is 0 Å². The number of carbonyl (C=O) groups is 1. The monoisotopic (exact) mass is 458 g/mol. The molecular formula is C26H30N6O2. The minimum absolute atomic E-state index is 0.142. The molecule has 4 rings (SSSR count). The molecule has 0 saturated heterocycles. The molecule has 0 atom stereocenters. The van der Waals surface area contributed by atoms with Crippen LogP contribution in [0.4, 0.5) is 0 Å². The average molecular weight is 459 g/mol. The van der Waals surface area contributed by atoms with Gasteiger partial charge in [-0.15, -0.1) is 5.10 Å². The number of benzene rings is 2. The zero-order chi connectivity index (χ0) is 23.9. The number of carbonyl (C=O) groups excluding carboxylic acids is 1. The number of unbranched alkanes of at least 4 members (excludes halogenated alkanes) is 2. The molecule has 0 aliphatic heterocycles. The third-order valence-electron chi connectivity index (χ3n) is 5.96. The molecule has 176 valence electrons. The van der Waals surface area contributed by atoms with E-state index in [0.29, 0.717) is 25.2 Å². The van der Waals surface area contributed by atoms with Crippen molar-refractivity contribution in [3.63, 3.8) is 0 Å². The van der Waals surface area contributed by atoms with Gasteiger partial charge in [0, 0.05) is 23.9 Å². The third kappa shape index (κ3) is 5.06. The summed E-state index contributed by atoms with van der Waals surface area (Å²) in [6, 6.07) is 16.1. The van der Waals surface area contributed by atoms with Crippen molar-refractivity contribution in [2.45, 2.75) is 58.9 Å². The normalized spacial score (nSPS) is 11.1. The quantitative estimate of drug-likeness (QED) is 0.347. The summed E-state index contributed by atoms with van der Waals surface area (Å²) >= 11 is 0. The van der Waals surface area contributed by atoms with E-state index in [2.05, 4.69) is 27.5 Å². The Morgan fingerprint density at radius 2 is 1.74 bits per heavy atom. The zero-order valence-electron chi connectivity index (χ0n) is 19.7. The number of aromatic nitrogens is 6. The number of hydrogen-bond acceptors (Lipinski definition) is 5. The van der Waals surface area contributed by atoms with Gasteiger partial charge in [0.05, 0.1) is 6.54 Å². The summed E-state index contributed by atoms with van der Waals surface area (Å²) in [5.74, 6) is 0.470. The largest absolute Gasteiger partial charge is 0.335 e. The van der Waals surface area contributed by atoms with Gasteiger partial charge in [-0.25, -0.2) is 14.5 Å². The minimum atomic E-state index is -0.253. The van der Waals surface area contributed by atoms with Crippen LogP contribution in [-0.2, 0) is 13.0 Å². The van der Waals surface area contributed by atoms with E-state index in [1.807, 2.05) is 55.5 Å². The average Bonchev–Trinajstić information content (AvgIpc) is 3.49. The maximum absolute atomic E-state index is 13.1. The lowest BCUT2D eigenvalue weighted by Gasteiger charge is -2.10. The predicted molar refractivity (Wildman–Crippen MR) is 132 cm³/mol. The lowest BCUT2D eigenvalue weighted by Crippen LogP contribution is -2.29. The molecule has 4 aromatic rings. The third-order valence-corrected chi connectivity index (χ3v) is 5.96. The van der Waals surface area contributed by atoms with Crippen molar-refractivity contribution >= 4 is 5.91 Å². The SMILES string of the molecule is CCCCCc1cn(C(=O)CCC)c(=O)n1Cc1ccc(-c2ccccc2-c2nnn[nH]2)cc1. The molecule has 0 radical (unpaired) electrons. The second-order valence-electron chi connectivity index (χ2n) is 8.45. The van der Waals surface area contributed by atoms with Crippen molar-refractivity contribution in [3.8, 4) is 22.5 Å². The lowest BCUT2D eigenvalue weighted by molar-refractivity contribution is 0.0897. The van der Waals surface area contributed by atoms with Gasteiger partial charge in [0.15, 0.2) is 5.82 Å². The van der Waals surface area contributed by atoms with Crippen LogP contribution in [0.2, 0.25) is 0 Å². The number of aromatic amines is 1. The maximum Gasteiger partial charge on any atom is 0.335 e. The van der Waals surface area contributed by atoms with Crippen molar-refractivity contribution in [2.24, 2.45) is 0 Å². The van der Waals surface area contributed by atoms with Crippen LogP contribution in [0.25, 0.3) is 22.5 Å². The number of hydrogen-bond donors (Lipinski definition) is 1. The second kappa shape index (κ2) is 10.9. The van der Waals surface area contributed by atoms with E-state index in [1.54, 1.807) is 10.8 Å². The Balaban J connectivity index is 1.62. The highest BCUT2D eigenvalue weighted by Crippen LogP contribution is 2.29. The van der Waals surface area contributed by atoms with Crippen molar-refractivity contribution in [1.82, 2.24) is 29.8 Å². The molecule has 2 aromatic carbocycles. The molecular weight excluding hydrogens is 428 g/mol. The maximum atomic E-state index is 13.1. The molecule has 0 saturated carbocycles. The Bertz CT molecular complexity index is 1290. The van der Waals surface area contributed by atoms with Crippen LogP contribution in [0.15, 0.2) is 59.5 Å². The highest BCUT2D eigenvalue weighted by Gasteiger charge is 2.16. The fourth-order valence-electron chi connectivity index (χ4n) is 4.15. The number of rotatable bonds is 10. The van der Waals surface area contributed by atoms with Gasteiger partial charge in [-0.1, -0.05) is 75.2 Å². The lowest BCUT2D eigenvalue weighted by atomic mass is 9.98. The molecule has 0 aliphatic rings. The van der Waals surface area contributed by atoms with Gasteiger partial charge in [-0.2, -0.15) is 0 Å². The molecule has 0 spiro atoms. The fourth-order valence-corrected chi connectivity index (χ4v) is 4.15. The number of aryl methyl sites for hydroxylation is 1. The Morgan fingerprint density at radius 3 is 2.41 bits per heavy atom. The van der Waals surface area contributed by atoms with Gasteiger partial charge in [0.1, 0.15) is 0 Å². The van der Waals surface area contributed by atoms with Crippen LogP contribution in [-0.4, -0.2) is 35.7 Å². The smallest absolute Gasteiger partial charge is 0.292 e.